The fraction of sp³-hybridized carbons (Fsp3) is 0.810. The van der Waals surface area contributed by atoms with Crippen molar-refractivity contribution in [2.75, 3.05) is 0 Å². The van der Waals surface area contributed by atoms with E-state index in [1.807, 2.05) is 13.0 Å². The molecule has 0 unspecified atom stereocenters. The van der Waals surface area contributed by atoms with Gasteiger partial charge in [-0.15, -0.1) is 0 Å². The van der Waals surface area contributed by atoms with Crippen LogP contribution >= 0.6 is 0 Å². The maximum atomic E-state index is 16.8. The SMILES string of the molecule is C[C@@H]1C[C@H]2[C@@H]3CC=C4CC(=O)CC[C@]4(C)[C@@]3(F)[C@@H](O)C[C@]2(C)[C@@]1(O)C(=O)O. The van der Waals surface area contributed by atoms with E-state index in [1.54, 1.807) is 13.8 Å². The average Bonchev–Trinajstić information content (AvgIpc) is 2.79. The molecule has 150 valence electrons. The van der Waals surface area contributed by atoms with Gasteiger partial charge in [-0.25, -0.2) is 9.18 Å². The highest BCUT2D eigenvalue weighted by molar-refractivity contribution is 5.83. The van der Waals surface area contributed by atoms with E-state index in [0.717, 1.165) is 5.57 Å². The first kappa shape index (κ1) is 19.1. The molecule has 0 heterocycles. The second-order valence-electron chi connectivity index (χ2n) is 9.84. The third-order valence-corrected chi connectivity index (χ3v) is 8.93. The number of rotatable bonds is 1. The lowest BCUT2D eigenvalue weighted by molar-refractivity contribution is -0.229. The molecule has 4 aliphatic carbocycles. The van der Waals surface area contributed by atoms with Gasteiger partial charge in [-0.3, -0.25) is 4.79 Å². The Morgan fingerprint density at radius 3 is 2.59 bits per heavy atom. The van der Waals surface area contributed by atoms with Crippen LogP contribution in [0.5, 0.6) is 0 Å². The minimum Gasteiger partial charge on any atom is -0.479 e. The van der Waals surface area contributed by atoms with Gasteiger partial charge in [-0.2, -0.15) is 0 Å². The van der Waals surface area contributed by atoms with Gasteiger partial charge in [0.05, 0.1) is 6.10 Å². The number of carboxylic acid groups (broad SMARTS) is 1. The first-order valence-corrected chi connectivity index (χ1v) is 9.97. The highest BCUT2D eigenvalue weighted by atomic mass is 19.1. The number of Topliss-reactive ketones (excluding diaryl/α,β-unsaturated/α-hetero) is 1. The molecule has 0 aromatic carbocycles. The van der Waals surface area contributed by atoms with Gasteiger partial charge >= 0.3 is 5.97 Å². The lowest BCUT2D eigenvalue weighted by Crippen LogP contribution is -2.69. The molecule has 3 saturated carbocycles. The van der Waals surface area contributed by atoms with E-state index < -0.39 is 46.0 Å². The van der Waals surface area contributed by atoms with E-state index in [4.69, 9.17) is 0 Å². The summed E-state index contributed by atoms with van der Waals surface area (Å²) in [6, 6.07) is 0. The number of aliphatic carboxylic acids is 1. The molecule has 6 heteroatoms. The number of hydrogen-bond acceptors (Lipinski definition) is 4. The van der Waals surface area contributed by atoms with Crippen molar-refractivity contribution >= 4 is 11.8 Å². The number of carbonyl (C=O) groups is 2. The van der Waals surface area contributed by atoms with Gasteiger partial charge in [-0.1, -0.05) is 32.4 Å². The van der Waals surface area contributed by atoms with Gasteiger partial charge < -0.3 is 15.3 Å². The molecule has 3 fully saturated rings. The topological polar surface area (TPSA) is 94.8 Å². The Morgan fingerprint density at radius 2 is 1.96 bits per heavy atom. The molecular weight excluding hydrogens is 351 g/mol. The van der Waals surface area contributed by atoms with Crippen LogP contribution in [0.1, 0.15) is 59.3 Å². The zero-order valence-corrected chi connectivity index (χ0v) is 16.2. The smallest absolute Gasteiger partial charge is 0.336 e. The maximum Gasteiger partial charge on any atom is 0.336 e. The van der Waals surface area contributed by atoms with Crippen LogP contribution in [0.25, 0.3) is 0 Å². The van der Waals surface area contributed by atoms with Crippen LogP contribution < -0.4 is 0 Å². The third-order valence-electron chi connectivity index (χ3n) is 8.93. The largest absolute Gasteiger partial charge is 0.479 e. The quantitative estimate of drug-likeness (QED) is 0.608. The molecule has 5 nitrogen and oxygen atoms in total. The zero-order chi connectivity index (χ0) is 20.0. The van der Waals surface area contributed by atoms with E-state index in [-0.39, 0.29) is 24.5 Å². The Balaban J connectivity index is 1.84. The van der Waals surface area contributed by atoms with Crippen molar-refractivity contribution in [2.45, 2.75) is 76.7 Å². The summed E-state index contributed by atoms with van der Waals surface area (Å²) >= 11 is 0. The maximum absolute atomic E-state index is 16.8. The predicted octanol–water partition coefficient (Wildman–Crippen LogP) is 2.64. The van der Waals surface area contributed by atoms with Crippen molar-refractivity contribution in [1.29, 1.82) is 0 Å². The van der Waals surface area contributed by atoms with Crippen LogP contribution in [-0.4, -0.2) is 44.4 Å². The van der Waals surface area contributed by atoms with Gasteiger partial charge in [0, 0.05) is 29.6 Å². The third kappa shape index (κ3) is 1.96. The molecule has 0 radical (unpaired) electrons. The minimum absolute atomic E-state index is 0.0887. The van der Waals surface area contributed by atoms with Crippen LogP contribution in [0.15, 0.2) is 11.6 Å². The highest BCUT2D eigenvalue weighted by Crippen LogP contribution is 2.70. The Hall–Kier alpha value is -1.27. The van der Waals surface area contributed by atoms with E-state index >= 15 is 4.39 Å². The number of carboxylic acids is 1. The lowest BCUT2D eigenvalue weighted by atomic mass is 9.44. The summed E-state index contributed by atoms with van der Waals surface area (Å²) in [6.07, 6.45) is 2.17. The number of aliphatic hydroxyl groups is 2. The number of hydrogen-bond donors (Lipinski definition) is 3. The summed E-state index contributed by atoms with van der Waals surface area (Å²) in [4.78, 5) is 23.9. The van der Waals surface area contributed by atoms with Crippen LogP contribution in [0.4, 0.5) is 4.39 Å². The van der Waals surface area contributed by atoms with Crippen molar-refractivity contribution in [2.24, 2.45) is 28.6 Å². The van der Waals surface area contributed by atoms with Gasteiger partial charge in [0.2, 0.25) is 0 Å². The monoisotopic (exact) mass is 380 g/mol. The van der Waals surface area contributed by atoms with Crippen molar-refractivity contribution in [3.8, 4) is 0 Å². The Labute approximate surface area is 158 Å². The molecule has 0 saturated heterocycles. The van der Waals surface area contributed by atoms with Crippen molar-refractivity contribution in [3.63, 3.8) is 0 Å². The molecule has 0 aliphatic heterocycles. The standard InChI is InChI=1S/C21H29FO5/c1-11-8-15-14-5-4-12-9-13(23)6-7-18(12,2)20(14,22)16(24)10-19(15,3)21(11,27)17(25)26/h4,11,14-16,24,27H,5-10H2,1-3H3,(H,25,26)/t11-,14+,15+,16+,18+,19+,20+,21+/m1/s1. The predicted molar refractivity (Wildman–Crippen MR) is 95.6 cm³/mol. The molecule has 0 spiro atoms. The zero-order valence-electron chi connectivity index (χ0n) is 16.2. The number of halogens is 1. The van der Waals surface area contributed by atoms with Gasteiger partial charge in [0.1, 0.15) is 11.5 Å². The molecule has 8 atom stereocenters. The number of alkyl halides is 1. The summed E-state index contributed by atoms with van der Waals surface area (Å²) in [5, 5.41) is 32.0. The molecule has 4 rings (SSSR count). The van der Waals surface area contributed by atoms with Gasteiger partial charge in [-0.05, 0) is 37.5 Å². The van der Waals surface area contributed by atoms with Crippen LogP contribution in [-0.2, 0) is 9.59 Å². The number of ketones is 1. The van der Waals surface area contributed by atoms with E-state index in [0.29, 0.717) is 25.7 Å². The van der Waals surface area contributed by atoms with Crippen molar-refractivity contribution < 1.29 is 29.3 Å². The first-order valence-electron chi connectivity index (χ1n) is 9.97. The molecule has 0 bridgehead atoms. The first-order chi connectivity index (χ1) is 12.4. The molecular formula is C21H29FO5. The Morgan fingerprint density at radius 1 is 1.30 bits per heavy atom. The van der Waals surface area contributed by atoms with Crippen LogP contribution in [0, 0.1) is 28.6 Å². The fourth-order valence-electron chi connectivity index (χ4n) is 7.28. The van der Waals surface area contributed by atoms with E-state index in [1.165, 1.54) is 0 Å². The Bertz CT molecular complexity index is 749. The number of carbonyl (C=O) groups excluding carboxylic acids is 1. The second kappa shape index (κ2) is 5.41. The van der Waals surface area contributed by atoms with E-state index in [9.17, 15) is 24.9 Å². The van der Waals surface area contributed by atoms with E-state index in [2.05, 4.69) is 0 Å². The van der Waals surface area contributed by atoms with Crippen LogP contribution in [0.2, 0.25) is 0 Å². The normalized spacial score (nSPS) is 54.6. The molecule has 0 aromatic rings. The molecule has 27 heavy (non-hydrogen) atoms. The summed E-state index contributed by atoms with van der Waals surface area (Å²) in [7, 11) is 0. The molecule has 4 aliphatic rings. The second-order valence-corrected chi connectivity index (χ2v) is 9.84. The summed E-state index contributed by atoms with van der Waals surface area (Å²) in [5.41, 5.74) is -5.12. The number of aliphatic hydroxyl groups excluding tert-OH is 1. The van der Waals surface area contributed by atoms with Gasteiger partial charge in [0.25, 0.3) is 0 Å². The minimum atomic E-state index is -1.98. The molecule has 0 aromatic heterocycles. The van der Waals surface area contributed by atoms with Crippen molar-refractivity contribution in [3.05, 3.63) is 11.6 Å². The molecule has 0 amide bonds. The fourth-order valence-corrected chi connectivity index (χ4v) is 7.28. The summed E-state index contributed by atoms with van der Waals surface area (Å²) in [5.74, 6) is -2.62. The number of allylic oxidation sites excluding steroid dienone is 2. The summed E-state index contributed by atoms with van der Waals surface area (Å²) < 4.78 is 16.8. The number of fused-ring (bicyclic) bond motifs is 5. The van der Waals surface area contributed by atoms with Crippen molar-refractivity contribution in [1.82, 2.24) is 0 Å². The highest BCUT2D eigenvalue weighted by Gasteiger charge is 2.76. The average molecular weight is 380 g/mol. The summed E-state index contributed by atoms with van der Waals surface area (Å²) in [6.45, 7) is 5.21. The van der Waals surface area contributed by atoms with Crippen LogP contribution in [0.3, 0.4) is 0 Å². The molecule has 3 N–H and O–H groups in total. The lowest BCUT2D eigenvalue weighted by Gasteiger charge is -2.62. The van der Waals surface area contributed by atoms with Gasteiger partial charge in [0.15, 0.2) is 5.60 Å². The Kier molecular flexibility index (Phi) is 3.82.